The summed E-state index contributed by atoms with van der Waals surface area (Å²) in [6, 6.07) is 9.77. The van der Waals surface area contributed by atoms with Gasteiger partial charge < -0.3 is 19.1 Å². The second kappa shape index (κ2) is 7.48. The van der Waals surface area contributed by atoms with Gasteiger partial charge in [0.2, 0.25) is 11.8 Å². The van der Waals surface area contributed by atoms with Crippen molar-refractivity contribution in [3.63, 3.8) is 0 Å². The molecule has 3 saturated heterocycles. The van der Waals surface area contributed by atoms with Crippen LogP contribution < -0.4 is 0 Å². The Balaban J connectivity index is 1.19. The Morgan fingerprint density at radius 1 is 0.931 bits per heavy atom. The Morgan fingerprint density at radius 3 is 2.34 bits per heavy atom. The van der Waals surface area contributed by atoms with Crippen LogP contribution in [0, 0.1) is 5.41 Å². The van der Waals surface area contributed by atoms with Gasteiger partial charge in [0.05, 0.1) is 11.8 Å². The summed E-state index contributed by atoms with van der Waals surface area (Å²) in [6.45, 7) is 5.73. The van der Waals surface area contributed by atoms with Crippen LogP contribution in [-0.2, 0) is 16.0 Å². The normalized spacial score (nSPS) is 27.2. The first-order valence-electron chi connectivity index (χ1n) is 10.9. The number of benzene rings is 1. The van der Waals surface area contributed by atoms with Crippen LogP contribution in [0.1, 0.15) is 31.4 Å². The highest BCUT2D eigenvalue weighted by atomic mass is 16.3. The molecule has 5 rings (SSSR count). The highest BCUT2D eigenvalue weighted by Gasteiger charge is 2.46. The minimum atomic E-state index is -0.170. The Hall–Kier alpha value is -2.34. The lowest BCUT2D eigenvalue weighted by molar-refractivity contribution is -0.152. The number of carbonyl (C=O) groups is 2. The Kier molecular flexibility index (Phi) is 4.82. The minimum absolute atomic E-state index is 0.0795. The van der Waals surface area contributed by atoms with Crippen molar-refractivity contribution >= 4 is 22.8 Å². The van der Waals surface area contributed by atoms with Gasteiger partial charge in [-0.2, -0.15) is 0 Å². The van der Waals surface area contributed by atoms with Crippen LogP contribution >= 0.6 is 0 Å². The van der Waals surface area contributed by atoms with Crippen molar-refractivity contribution in [1.82, 2.24) is 14.7 Å². The maximum atomic E-state index is 13.3. The van der Waals surface area contributed by atoms with Crippen LogP contribution in [0.15, 0.2) is 34.7 Å². The van der Waals surface area contributed by atoms with E-state index in [0.29, 0.717) is 37.8 Å². The first kappa shape index (κ1) is 18.7. The van der Waals surface area contributed by atoms with E-state index < -0.39 is 0 Å². The summed E-state index contributed by atoms with van der Waals surface area (Å²) in [5.41, 5.74) is 0.649. The first-order chi connectivity index (χ1) is 14.1. The molecule has 6 heteroatoms. The molecule has 1 aromatic carbocycles. The van der Waals surface area contributed by atoms with E-state index >= 15 is 0 Å². The second-order valence-electron chi connectivity index (χ2n) is 8.86. The van der Waals surface area contributed by atoms with Gasteiger partial charge in [-0.05, 0) is 50.9 Å². The third-order valence-electron chi connectivity index (χ3n) is 6.96. The van der Waals surface area contributed by atoms with Crippen molar-refractivity contribution in [2.45, 2.75) is 32.1 Å². The van der Waals surface area contributed by atoms with Gasteiger partial charge in [0.15, 0.2) is 0 Å². The molecule has 3 aliphatic rings. The van der Waals surface area contributed by atoms with Crippen molar-refractivity contribution in [3.8, 4) is 0 Å². The van der Waals surface area contributed by atoms with Crippen molar-refractivity contribution in [2.24, 2.45) is 5.41 Å². The average Bonchev–Trinajstić information content (AvgIpc) is 3.15. The maximum absolute atomic E-state index is 13.3. The molecule has 154 valence electrons. The zero-order valence-corrected chi connectivity index (χ0v) is 16.9. The molecule has 6 nitrogen and oxygen atoms in total. The number of fused-ring (bicyclic) bond motifs is 3. The summed E-state index contributed by atoms with van der Waals surface area (Å²) >= 11 is 0. The molecular weight excluding hydrogens is 366 g/mol. The minimum Gasteiger partial charge on any atom is -0.461 e. The molecule has 0 radical (unpaired) electrons. The molecule has 0 spiro atoms. The van der Waals surface area contributed by atoms with E-state index in [1.807, 2.05) is 40.1 Å². The number of carbonyl (C=O) groups excluding carboxylic acids is 2. The van der Waals surface area contributed by atoms with Gasteiger partial charge in [0.25, 0.3) is 0 Å². The highest BCUT2D eigenvalue weighted by Crippen LogP contribution is 2.40. The molecule has 0 saturated carbocycles. The topological polar surface area (TPSA) is 57.0 Å². The Labute approximate surface area is 171 Å². The highest BCUT2D eigenvalue weighted by molar-refractivity contribution is 5.85. The largest absolute Gasteiger partial charge is 0.461 e. The predicted octanol–water partition coefficient (Wildman–Crippen LogP) is 2.52. The Bertz CT molecular complexity index is 870. The van der Waals surface area contributed by atoms with E-state index in [9.17, 15) is 9.59 Å². The Morgan fingerprint density at radius 2 is 1.62 bits per heavy atom. The lowest BCUT2D eigenvalue weighted by Gasteiger charge is -2.48. The molecule has 3 fully saturated rings. The fourth-order valence-electron chi connectivity index (χ4n) is 5.42. The van der Waals surface area contributed by atoms with Gasteiger partial charge >= 0.3 is 0 Å². The molecule has 0 aliphatic carbocycles. The number of amides is 2. The number of piperidine rings is 2. The molecule has 3 aliphatic heterocycles. The van der Waals surface area contributed by atoms with Gasteiger partial charge in [-0.15, -0.1) is 0 Å². The van der Waals surface area contributed by atoms with Crippen LogP contribution in [0.4, 0.5) is 0 Å². The lowest BCUT2D eigenvalue weighted by atomic mass is 9.72. The number of para-hydroxylation sites is 1. The quantitative estimate of drug-likeness (QED) is 0.801. The number of nitrogens with zero attached hydrogens (tertiary/aromatic N) is 3. The molecule has 2 aromatic rings. The second-order valence-corrected chi connectivity index (χ2v) is 8.86. The van der Waals surface area contributed by atoms with E-state index in [4.69, 9.17) is 4.42 Å². The molecule has 1 aromatic heterocycles. The van der Waals surface area contributed by atoms with Crippen LogP contribution in [0.2, 0.25) is 0 Å². The van der Waals surface area contributed by atoms with Gasteiger partial charge in [0.1, 0.15) is 11.3 Å². The van der Waals surface area contributed by atoms with Crippen molar-refractivity contribution in [2.75, 3.05) is 45.8 Å². The summed E-state index contributed by atoms with van der Waals surface area (Å²) in [5, 5.41) is 1.03. The maximum Gasteiger partial charge on any atom is 0.230 e. The SMILES string of the molecule is O=C(Cc1cc2ccccc2o1)N1CCN(C(=O)C23CCCN(CCC2)C3)CC1. The molecule has 0 atom stereocenters. The van der Waals surface area contributed by atoms with Gasteiger partial charge in [-0.1, -0.05) is 18.2 Å². The summed E-state index contributed by atoms with van der Waals surface area (Å²) in [5.74, 6) is 1.11. The number of rotatable bonds is 3. The smallest absolute Gasteiger partial charge is 0.230 e. The van der Waals surface area contributed by atoms with Gasteiger partial charge in [-0.25, -0.2) is 0 Å². The molecular formula is C23H29N3O3. The first-order valence-corrected chi connectivity index (χ1v) is 10.9. The molecule has 29 heavy (non-hydrogen) atoms. The van der Waals surface area contributed by atoms with Crippen LogP contribution in [0.25, 0.3) is 11.0 Å². The van der Waals surface area contributed by atoms with Crippen LogP contribution in [-0.4, -0.2) is 72.3 Å². The predicted molar refractivity (Wildman–Crippen MR) is 110 cm³/mol. The fourth-order valence-corrected chi connectivity index (χ4v) is 5.42. The van der Waals surface area contributed by atoms with Crippen molar-refractivity contribution in [3.05, 3.63) is 36.1 Å². The monoisotopic (exact) mass is 395 g/mol. The summed E-state index contributed by atoms with van der Waals surface area (Å²) in [6.07, 6.45) is 4.58. The summed E-state index contributed by atoms with van der Waals surface area (Å²) < 4.78 is 5.80. The van der Waals surface area contributed by atoms with E-state index in [1.54, 1.807) is 0 Å². The molecule has 2 amide bonds. The van der Waals surface area contributed by atoms with E-state index in [0.717, 1.165) is 56.3 Å². The van der Waals surface area contributed by atoms with Crippen LogP contribution in [0.3, 0.4) is 0 Å². The van der Waals surface area contributed by atoms with Gasteiger partial charge in [-0.3, -0.25) is 9.59 Å². The number of piperazine rings is 1. The fraction of sp³-hybridized carbons (Fsp3) is 0.565. The lowest BCUT2D eigenvalue weighted by Crippen LogP contribution is -2.59. The number of hydrogen-bond donors (Lipinski definition) is 0. The van der Waals surface area contributed by atoms with Crippen molar-refractivity contribution in [1.29, 1.82) is 0 Å². The van der Waals surface area contributed by atoms with Crippen molar-refractivity contribution < 1.29 is 14.0 Å². The van der Waals surface area contributed by atoms with E-state index in [-0.39, 0.29) is 17.7 Å². The van der Waals surface area contributed by atoms with Gasteiger partial charge in [0, 0.05) is 38.1 Å². The third-order valence-corrected chi connectivity index (χ3v) is 6.96. The zero-order valence-electron chi connectivity index (χ0n) is 16.9. The molecule has 4 heterocycles. The summed E-state index contributed by atoms with van der Waals surface area (Å²) in [4.78, 5) is 32.4. The number of furan rings is 1. The van der Waals surface area contributed by atoms with Crippen LogP contribution in [0.5, 0.6) is 0 Å². The summed E-state index contributed by atoms with van der Waals surface area (Å²) in [7, 11) is 0. The molecule has 2 bridgehead atoms. The molecule has 0 unspecified atom stereocenters. The average molecular weight is 396 g/mol. The van der Waals surface area contributed by atoms with E-state index in [2.05, 4.69) is 4.90 Å². The standard InChI is InChI=1S/C23H29N3O3/c27-21(16-19-15-18-5-1-2-6-20(18)29-19)25-11-13-26(14-12-25)22(28)23-7-3-9-24(17-23)10-4-8-23/h1-2,5-6,15H,3-4,7-14,16-17H2. The van der Waals surface area contributed by atoms with E-state index in [1.165, 1.54) is 0 Å². The molecule has 0 N–H and O–H groups in total. The third kappa shape index (κ3) is 3.54. The zero-order chi connectivity index (χ0) is 19.8. The number of hydrogen-bond acceptors (Lipinski definition) is 4.